The van der Waals surface area contributed by atoms with Crippen molar-refractivity contribution in [3.05, 3.63) is 0 Å². The summed E-state index contributed by atoms with van der Waals surface area (Å²) in [7, 11) is 0. The van der Waals surface area contributed by atoms with Crippen LogP contribution in [0.1, 0.15) is 46.0 Å². The van der Waals surface area contributed by atoms with Gasteiger partial charge in [-0.2, -0.15) is 0 Å². The molecule has 2 aliphatic heterocycles. The van der Waals surface area contributed by atoms with E-state index in [2.05, 4.69) is 29.4 Å². The van der Waals surface area contributed by atoms with E-state index in [4.69, 9.17) is 0 Å². The van der Waals surface area contributed by atoms with Gasteiger partial charge >= 0.3 is 0 Å². The summed E-state index contributed by atoms with van der Waals surface area (Å²) in [6.07, 6.45) is 4.47. The summed E-state index contributed by atoms with van der Waals surface area (Å²) in [5, 5.41) is 5.67. The number of nitrogens with one attached hydrogen (secondary N) is 2. The van der Waals surface area contributed by atoms with E-state index in [1.807, 2.05) is 0 Å². The monoisotopic (exact) mass is 267 g/mol. The van der Waals surface area contributed by atoms with Crippen molar-refractivity contribution in [3.63, 3.8) is 0 Å². The molecule has 5 heteroatoms. The van der Waals surface area contributed by atoms with Crippen LogP contribution in [0.4, 0.5) is 0 Å². The van der Waals surface area contributed by atoms with Crippen molar-refractivity contribution in [3.8, 4) is 0 Å². The maximum atomic E-state index is 12.1. The Kier molecular flexibility index (Phi) is 4.80. The molecule has 2 saturated heterocycles. The van der Waals surface area contributed by atoms with E-state index in [-0.39, 0.29) is 17.9 Å². The third-order valence-corrected chi connectivity index (χ3v) is 4.13. The van der Waals surface area contributed by atoms with Crippen LogP contribution >= 0.6 is 0 Å². The van der Waals surface area contributed by atoms with Gasteiger partial charge in [-0.15, -0.1) is 0 Å². The van der Waals surface area contributed by atoms with Gasteiger partial charge in [-0.05, 0) is 46.1 Å². The van der Waals surface area contributed by atoms with Crippen molar-refractivity contribution in [1.82, 2.24) is 15.5 Å². The maximum absolute atomic E-state index is 12.1. The fraction of sp³-hybridized carbons (Fsp3) is 0.857. The Labute approximate surface area is 115 Å². The van der Waals surface area contributed by atoms with E-state index in [0.717, 1.165) is 32.4 Å². The van der Waals surface area contributed by atoms with Crippen LogP contribution in [-0.2, 0) is 9.59 Å². The first kappa shape index (κ1) is 14.3. The lowest BCUT2D eigenvalue weighted by Crippen LogP contribution is -2.51. The number of carbonyl (C=O) groups is 2. The van der Waals surface area contributed by atoms with Crippen LogP contribution in [-0.4, -0.2) is 47.9 Å². The molecule has 5 nitrogen and oxygen atoms in total. The first-order valence-corrected chi connectivity index (χ1v) is 7.40. The van der Waals surface area contributed by atoms with Crippen LogP contribution in [0.2, 0.25) is 0 Å². The average Bonchev–Trinajstić information content (AvgIpc) is 2.80. The highest BCUT2D eigenvalue weighted by Crippen LogP contribution is 2.22. The molecule has 2 heterocycles. The quantitative estimate of drug-likeness (QED) is 0.786. The van der Waals surface area contributed by atoms with E-state index >= 15 is 0 Å². The van der Waals surface area contributed by atoms with Crippen molar-refractivity contribution in [2.24, 2.45) is 0 Å². The van der Waals surface area contributed by atoms with Crippen LogP contribution < -0.4 is 10.6 Å². The van der Waals surface area contributed by atoms with Gasteiger partial charge in [0, 0.05) is 25.0 Å². The second kappa shape index (κ2) is 6.37. The van der Waals surface area contributed by atoms with Crippen molar-refractivity contribution in [1.29, 1.82) is 0 Å². The van der Waals surface area contributed by atoms with Crippen LogP contribution in [0.25, 0.3) is 0 Å². The SMILES string of the molecule is CC(C)N1CCC[C@H]1CC(=O)NC1CCCNC1=O. The predicted molar refractivity (Wildman–Crippen MR) is 73.7 cm³/mol. The Bertz CT molecular complexity index is 344. The zero-order valence-electron chi connectivity index (χ0n) is 11.9. The minimum absolute atomic E-state index is 0.0135. The number of hydrogen-bond donors (Lipinski definition) is 2. The molecule has 0 aromatic rings. The van der Waals surface area contributed by atoms with E-state index < -0.39 is 0 Å². The Morgan fingerprint density at radius 2 is 2.21 bits per heavy atom. The minimum atomic E-state index is -0.324. The fourth-order valence-corrected chi connectivity index (χ4v) is 3.13. The third-order valence-electron chi connectivity index (χ3n) is 4.13. The Morgan fingerprint density at radius 3 is 2.89 bits per heavy atom. The average molecular weight is 267 g/mol. The van der Waals surface area contributed by atoms with Crippen LogP contribution in [0.3, 0.4) is 0 Å². The molecule has 19 heavy (non-hydrogen) atoms. The van der Waals surface area contributed by atoms with Crippen molar-refractivity contribution in [2.75, 3.05) is 13.1 Å². The number of carbonyl (C=O) groups excluding carboxylic acids is 2. The second-order valence-electron chi connectivity index (χ2n) is 5.89. The smallest absolute Gasteiger partial charge is 0.242 e. The van der Waals surface area contributed by atoms with Gasteiger partial charge in [0.05, 0.1) is 0 Å². The van der Waals surface area contributed by atoms with Gasteiger partial charge in [0.2, 0.25) is 11.8 Å². The molecule has 2 aliphatic rings. The lowest BCUT2D eigenvalue weighted by Gasteiger charge is -2.29. The number of amides is 2. The molecular weight excluding hydrogens is 242 g/mol. The van der Waals surface area contributed by atoms with Gasteiger partial charge in [-0.3, -0.25) is 14.5 Å². The lowest BCUT2D eigenvalue weighted by atomic mass is 10.1. The van der Waals surface area contributed by atoms with Gasteiger partial charge in [0.1, 0.15) is 6.04 Å². The molecule has 2 atom stereocenters. The van der Waals surface area contributed by atoms with Gasteiger partial charge in [0.25, 0.3) is 0 Å². The largest absolute Gasteiger partial charge is 0.354 e. The molecule has 0 saturated carbocycles. The summed E-state index contributed by atoms with van der Waals surface area (Å²) in [6, 6.07) is 0.500. The van der Waals surface area contributed by atoms with Gasteiger partial charge in [-0.25, -0.2) is 0 Å². The highest BCUT2D eigenvalue weighted by molar-refractivity contribution is 5.88. The Balaban J connectivity index is 1.82. The molecule has 1 unspecified atom stereocenters. The molecule has 0 spiro atoms. The van der Waals surface area contributed by atoms with Gasteiger partial charge in [0.15, 0.2) is 0 Å². The Hall–Kier alpha value is -1.10. The molecule has 2 amide bonds. The molecule has 0 aromatic heterocycles. The van der Waals surface area contributed by atoms with E-state index in [1.54, 1.807) is 0 Å². The molecule has 0 radical (unpaired) electrons. The van der Waals surface area contributed by atoms with Crippen LogP contribution in [0, 0.1) is 0 Å². The molecule has 0 aromatic carbocycles. The lowest BCUT2D eigenvalue weighted by molar-refractivity contribution is -0.130. The highest BCUT2D eigenvalue weighted by Gasteiger charge is 2.30. The van der Waals surface area contributed by atoms with Crippen LogP contribution in [0.5, 0.6) is 0 Å². The van der Waals surface area contributed by atoms with Crippen molar-refractivity contribution in [2.45, 2.75) is 64.1 Å². The highest BCUT2D eigenvalue weighted by atomic mass is 16.2. The topological polar surface area (TPSA) is 61.4 Å². The van der Waals surface area contributed by atoms with E-state index in [0.29, 0.717) is 18.5 Å². The number of nitrogens with zero attached hydrogens (tertiary/aromatic N) is 1. The molecule has 0 aliphatic carbocycles. The Morgan fingerprint density at radius 1 is 1.42 bits per heavy atom. The predicted octanol–water partition coefficient (Wildman–Crippen LogP) is 0.644. The summed E-state index contributed by atoms with van der Waals surface area (Å²) >= 11 is 0. The van der Waals surface area contributed by atoms with E-state index in [1.165, 1.54) is 6.42 Å². The maximum Gasteiger partial charge on any atom is 0.242 e. The molecule has 108 valence electrons. The number of likely N-dealkylation sites (tertiary alicyclic amines) is 1. The zero-order chi connectivity index (χ0) is 13.8. The first-order chi connectivity index (χ1) is 9.08. The van der Waals surface area contributed by atoms with Crippen molar-refractivity contribution < 1.29 is 9.59 Å². The van der Waals surface area contributed by atoms with Crippen molar-refractivity contribution >= 4 is 11.8 Å². The zero-order valence-corrected chi connectivity index (χ0v) is 11.9. The molecule has 2 N–H and O–H groups in total. The molecule has 0 bridgehead atoms. The molecular formula is C14H25N3O2. The summed E-state index contributed by atoms with van der Waals surface area (Å²) in [5.74, 6) is -0.0219. The van der Waals surface area contributed by atoms with Gasteiger partial charge in [-0.1, -0.05) is 0 Å². The number of piperidine rings is 1. The summed E-state index contributed by atoms with van der Waals surface area (Å²) in [5.41, 5.74) is 0. The third kappa shape index (κ3) is 3.69. The van der Waals surface area contributed by atoms with E-state index in [9.17, 15) is 9.59 Å². The van der Waals surface area contributed by atoms with Gasteiger partial charge < -0.3 is 10.6 Å². The number of hydrogen-bond acceptors (Lipinski definition) is 3. The first-order valence-electron chi connectivity index (χ1n) is 7.40. The summed E-state index contributed by atoms with van der Waals surface area (Å²) in [6.45, 7) is 6.16. The molecule has 2 rings (SSSR count). The fourth-order valence-electron chi connectivity index (χ4n) is 3.13. The summed E-state index contributed by atoms with van der Waals surface area (Å²) < 4.78 is 0. The standard InChI is InChI=1S/C14H25N3O2/c1-10(2)17-8-4-5-11(17)9-13(18)16-12-6-3-7-15-14(12)19/h10-12H,3-9H2,1-2H3,(H,15,19)(H,16,18)/t11-,12?/m0/s1. The molecule has 2 fully saturated rings. The minimum Gasteiger partial charge on any atom is -0.354 e. The normalized spacial score (nSPS) is 28.5. The second-order valence-corrected chi connectivity index (χ2v) is 5.89. The van der Waals surface area contributed by atoms with Crippen LogP contribution in [0.15, 0.2) is 0 Å². The number of rotatable bonds is 4. The summed E-state index contributed by atoms with van der Waals surface area (Å²) in [4.78, 5) is 26.1.